The molecule has 0 aliphatic carbocycles. The first kappa shape index (κ1) is 13.5. The number of rotatable bonds is 4. The average molecular weight is 274 g/mol. The summed E-state index contributed by atoms with van der Waals surface area (Å²) in [5.74, 6) is -0.295. The van der Waals surface area contributed by atoms with Gasteiger partial charge in [-0.05, 0) is 17.7 Å². The van der Waals surface area contributed by atoms with Crippen molar-refractivity contribution >= 4 is 18.1 Å². The number of aliphatic hydroxyl groups is 1. The van der Waals surface area contributed by atoms with Crippen LogP contribution in [0.25, 0.3) is 0 Å². The molecule has 0 saturated heterocycles. The predicted octanol–water partition coefficient (Wildman–Crippen LogP) is 2.21. The lowest BCUT2D eigenvalue weighted by Crippen LogP contribution is -2.28. The van der Waals surface area contributed by atoms with Crippen molar-refractivity contribution in [2.24, 2.45) is 0 Å². The molecule has 0 spiro atoms. The largest absolute Gasteiger partial charge is 0.387 e. The number of aromatic nitrogens is 1. The minimum Gasteiger partial charge on any atom is -0.387 e. The Kier molecular flexibility index (Phi) is 4.43. The van der Waals surface area contributed by atoms with Crippen LogP contribution in [-0.2, 0) is 0 Å². The lowest BCUT2D eigenvalue weighted by molar-refractivity contribution is 0.0915. The van der Waals surface area contributed by atoms with Crippen LogP contribution in [0, 0.1) is 4.64 Å². The van der Waals surface area contributed by atoms with Crippen molar-refractivity contribution in [3.8, 4) is 0 Å². The van der Waals surface area contributed by atoms with Crippen LogP contribution in [0.3, 0.4) is 0 Å². The van der Waals surface area contributed by atoms with Gasteiger partial charge < -0.3 is 15.4 Å². The van der Waals surface area contributed by atoms with Crippen molar-refractivity contribution < 1.29 is 9.90 Å². The highest BCUT2D eigenvalue weighted by Gasteiger charge is 2.11. The Morgan fingerprint density at radius 3 is 2.68 bits per heavy atom. The number of hydrogen-bond donors (Lipinski definition) is 3. The molecule has 2 rings (SSSR count). The highest BCUT2D eigenvalue weighted by molar-refractivity contribution is 7.71. The number of carbonyl (C=O) groups is 1. The van der Waals surface area contributed by atoms with E-state index in [0.717, 1.165) is 5.56 Å². The van der Waals surface area contributed by atoms with Crippen LogP contribution < -0.4 is 5.32 Å². The highest BCUT2D eigenvalue weighted by atomic mass is 32.1. The molecule has 4 nitrogen and oxygen atoms in total. The van der Waals surface area contributed by atoms with E-state index in [4.69, 9.17) is 12.2 Å². The molecule has 0 radical (unpaired) electrons. The fourth-order valence-electron chi connectivity index (χ4n) is 1.68. The van der Waals surface area contributed by atoms with Crippen molar-refractivity contribution in [2.75, 3.05) is 6.54 Å². The zero-order valence-electron chi connectivity index (χ0n) is 10.2. The monoisotopic (exact) mass is 274 g/mol. The minimum atomic E-state index is -0.730. The molecule has 0 aliphatic rings. The lowest BCUT2D eigenvalue weighted by Gasteiger charge is -2.12. The van der Waals surface area contributed by atoms with E-state index in [1.54, 1.807) is 18.3 Å². The first-order valence-corrected chi connectivity index (χ1v) is 6.28. The van der Waals surface area contributed by atoms with Gasteiger partial charge in [0.1, 0.15) is 4.64 Å². The normalized spacial score (nSPS) is 11.8. The molecule has 1 heterocycles. The van der Waals surface area contributed by atoms with Crippen LogP contribution in [0.2, 0.25) is 0 Å². The molecule has 0 saturated carbocycles. The van der Waals surface area contributed by atoms with E-state index in [1.165, 1.54) is 0 Å². The van der Waals surface area contributed by atoms with Gasteiger partial charge in [0.15, 0.2) is 0 Å². The summed E-state index contributed by atoms with van der Waals surface area (Å²) >= 11 is 5.02. The van der Waals surface area contributed by atoms with Crippen LogP contribution in [0.5, 0.6) is 0 Å². The van der Waals surface area contributed by atoms with Crippen LogP contribution >= 0.6 is 12.2 Å². The van der Waals surface area contributed by atoms with E-state index in [0.29, 0.717) is 10.2 Å². The average Bonchev–Trinajstić information content (AvgIpc) is 2.46. The van der Waals surface area contributed by atoms with Crippen LogP contribution in [0.15, 0.2) is 48.7 Å². The number of nitrogens with one attached hydrogen (secondary N) is 2. The second kappa shape index (κ2) is 6.26. The Balaban J connectivity index is 1.98. The first-order chi connectivity index (χ1) is 9.18. The molecule has 0 bridgehead atoms. The van der Waals surface area contributed by atoms with Crippen LogP contribution in [-0.4, -0.2) is 22.5 Å². The molecule has 2 aromatic rings. The van der Waals surface area contributed by atoms with Gasteiger partial charge in [0, 0.05) is 12.7 Å². The Morgan fingerprint density at radius 1 is 1.26 bits per heavy atom. The number of amides is 1. The van der Waals surface area contributed by atoms with Crippen LogP contribution in [0.4, 0.5) is 0 Å². The van der Waals surface area contributed by atoms with Gasteiger partial charge >= 0.3 is 0 Å². The molecule has 3 N–H and O–H groups in total. The summed E-state index contributed by atoms with van der Waals surface area (Å²) in [5.41, 5.74) is 1.17. The summed E-state index contributed by atoms with van der Waals surface area (Å²) in [6, 6.07) is 12.5. The van der Waals surface area contributed by atoms with E-state index < -0.39 is 6.10 Å². The summed E-state index contributed by atoms with van der Waals surface area (Å²) in [4.78, 5) is 14.7. The van der Waals surface area contributed by atoms with Gasteiger partial charge in [0.25, 0.3) is 5.91 Å². The number of carbonyl (C=O) groups excluding carboxylic acids is 1. The van der Waals surface area contributed by atoms with Crippen LogP contribution in [0.1, 0.15) is 22.0 Å². The van der Waals surface area contributed by atoms with Gasteiger partial charge in [-0.15, -0.1) is 0 Å². The maximum absolute atomic E-state index is 11.9. The molecular formula is C14H14N2O2S. The van der Waals surface area contributed by atoms with Gasteiger partial charge in [-0.2, -0.15) is 0 Å². The Bertz CT molecular complexity index is 610. The minimum absolute atomic E-state index is 0.145. The standard InChI is InChI=1S/C14H14N2O2S/c17-12(10-5-2-1-3-6-10)9-16-13(18)11-7-4-8-15-14(11)19/h1-8,12,17H,9H2,(H,15,19)(H,16,18)/t12-/m0/s1. The second-order valence-corrected chi connectivity index (χ2v) is 4.46. The molecule has 0 fully saturated rings. The van der Waals surface area contributed by atoms with E-state index in [-0.39, 0.29) is 12.5 Å². The zero-order chi connectivity index (χ0) is 13.7. The number of hydrogen-bond acceptors (Lipinski definition) is 3. The molecule has 1 aromatic heterocycles. The van der Waals surface area contributed by atoms with Gasteiger partial charge in [-0.3, -0.25) is 4.79 Å². The third-order valence-corrected chi connectivity index (χ3v) is 3.04. The highest BCUT2D eigenvalue weighted by Crippen LogP contribution is 2.10. The Labute approximate surface area is 116 Å². The lowest BCUT2D eigenvalue weighted by atomic mass is 10.1. The molecule has 98 valence electrons. The summed E-state index contributed by atoms with van der Waals surface area (Å²) in [7, 11) is 0. The molecule has 1 atom stereocenters. The third-order valence-electron chi connectivity index (χ3n) is 2.70. The van der Waals surface area contributed by atoms with Crippen molar-refractivity contribution in [3.05, 3.63) is 64.4 Å². The third kappa shape index (κ3) is 3.49. The number of pyridine rings is 1. The summed E-state index contributed by atoms with van der Waals surface area (Å²) in [5, 5.41) is 12.6. The van der Waals surface area contributed by atoms with E-state index >= 15 is 0 Å². The van der Waals surface area contributed by atoms with Gasteiger partial charge in [0.05, 0.1) is 11.7 Å². The van der Waals surface area contributed by atoms with Crippen molar-refractivity contribution in [1.82, 2.24) is 10.3 Å². The van der Waals surface area contributed by atoms with E-state index in [9.17, 15) is 9.90 Å². The molecule has 5 heteroatoms. The molecule has 0 aliphatic heterocycles. The van der Waals surface area contributed by atoms with Gasteiger partial charge in [-0.25, -0.2) is 0 Å². The quantitative estimate of drug-likeness (QED) is 0.749. The van der Waals surface area contributed by atoms with Crippen molar-refractivity contribution in [1.29, 1.82) is 0 Å². The topological polar surface area (TPSA) is 65.1 Å². The molecule has 1 aromatic carbocycles. The fraction of sp³-hybridized carbons (Fsp3) is 0.143. The zero-order valence-corrected chi connectivity index (χ0v) is 11.0. The molecule has 19 heavy (non-hydrogen) atoms. The molecule has 1 amide bonds. The Morgan fingerprint density at radius 2 is 2.00 bits per heavy atom. The SMILES string of the molecule is O=C(NC[C@H](O)c1ccccc1)c1ccc[nH]c1=S. The van der Waals surface area contributed by atoms with Gasteiger partial charge in [0.2, 0.25) is 0 Å². The van der Waals surface area contributed by atoms with E-state index in [1.807, 2.05) is 30.3 Å². The van der Waals surface area contributed by atoms with Gasteiger partial charge in [-0.1, -0.05) is 42.5 Å². The smallest absolute Gasteiger partial charge is 0.254 e. The number of aromatic amines is 1. The fourth-order valence-corrected chi connectivity index (χ4v) is 1.91. The van der Waals surface area contributed by atoms with Crippen molar-refractivity contribution in [2.45, 2.75) is 6.10 Å². The first-order valence-electron chi connectivity index (χ1n) is 5.87. The maximum Gasteiger partial charge on any atom is 0.254 e. The van der Waals surface area contributed by atoms with E-state index in [2.05, 4.69) is 10.3 Å². The maximum atomic E-state index is 11.9. The number of aliphatic hydroxyl groups excluding tert-OH is 1. The second-order valence-electron chi connectivity index (χ2n) is 4.05. The summed E-state index contributed by atoms with van der Waals surface area (Å²) < 4.78 is 0.384. The summed E-state index contributed by atoms with van der Waals surface area (Å²) in [6.07, 6.45) is 0.934. The number of benzene rings is 1. The number of H-pyrrole nitrogens is 1. The predicted molar refractivity (Wildman–Crippen MR) is 75.4 cm³/mol. The molecule has 0 unspecified atom stereocenters. The summed E-state index contributed by atoms with van der Waals surface area (Å²) in [6.45, 7) is 0.145. The molecular weight excluding hydrogens is 260 g/mol. The van der Waals surface area contributed by atoms with Crippen molar-refractivity contribution in [3.63, 3.8) is 0 Å². The Hall–Kier alpha value is -1.98.